The fourth-order valence-electron chi connectivity index (χ4n) is 8.54. The first-order valence-electron chi connectivity index (χ1n) is 28.8. The minimum absolute atomic E-state index is 0.0646. The normalized spacial score (nSPS) is 13.5. The zero-order chi connectivity index (χ0) is 47.7. The van der Waals surface area contributed by atoms with E-state index in [0.29, 0.717) is 6.42 Å². The number of aliphatic hydroxyl groups is 2. The third-order valence-electron chi connectivity index (χ3n) is 12.9. The highest BCUT2D eigenvalue weighted by atomic mass is 16.3. The molecular weight excluding hydrogens is 807 g/mol. The molecule has 3 N–H and O–H groups in total. The van der Waals surface area contributed by atoms with E-state index in [4.69, 9.17) is 0 Å². The van der Waals surface area contributed by atoms with E-state index in [-0.39, 0.29) is 12.5 Å². The van der Waals surface area contributed by atoms with E-state index in [0.717, 1.165) is 64.2 Å². The van der Waals surface area contributed by atoms with Gasteiger partial charge >= 0.3 is 0 Å². The van der Waals surface area contributed by atoms with Gasteiger partial charge in [-0.25, -0.2) is 0 Å². The highest BCUT2D eigenvalue weighted by molar-refractivity contribution is 5.76. The maximum Gasteiger partial charge on any atom is 0.220 e. The first-order chi connectivity index (χ1) is 32.7. The van der Waals surface area contributed by atoms with Gasteiger partial charge in [-0.1, -0.05) is 292 Å². The van der Waals surface area contributed by atoms with Crippen molar-refractivity contribution in [2.24, 2.45) is 0 Å². The summed E-state index contributed by atoms with van der Waals surface area (Å²) in [6.45, 7) is 4.21. The third-order valence-corrected chi connectivity index (χ3v) is 12.9. The van der Waals surface area contributed by atoms with Crippen LogP contribution in [0.25, 0.3) is 0 Å². The van der Waals surface area contributed by atoms with Crippen molar-refractivity contribution < 1.29 is 15.0 Å². The van der Waals surface area contributed by atoms with E-state index < -0.39 is 12.1 Å². The summed E-state index contributed by atoms with van der Waals surface area (Å²) in [5.41, 5.74) is 0. The molecule has 0 aromatic carbocycles. The van der Waals surface area contributed by atoms with E-state index >= 15 is 0 Å². The summed E-state index contributed by atoms with van der Waals surface area (Å²) in [5.74, 6) is -0.0646. The van der Waals surface area contributed by atoms with Crippen molar-refractivity contribution >= 4 is 5.91 Å². The van der Waals surface area contributed by atoms with Crippen molar-refractivity contribution in [2.75, 3.05) is 6.61 Å². The lowest BCUT2D eigenvalue weighted by atomic mass is 10.0. The van der Waals surface area contributed by atoms with Crippen molar-refractivity contribution in [3.05, 3.63) is 85.1 Å². The van der Waals surface area contributed by atoms with Crippen LogP contribution in [0.15, 0.2) is 85.1 Å². The van der Waals surface area contributed by atoms with Crippen LogP contribution >= 0.6 is 0 Å². The molecular formula is C62H111NO3. The molecule has 4 nitrogen and oxygen atoms in total. The Balaban J connectivity index is 3.52. The Hall–Kier alpha value is -2.43. The van der Waals surface area contributed by atoms with Gasteiger partial charge in [-0.3, -0.25) is 4.79 Å². The van der Waals surface area contributed by atoms with E-state index in [1.165, 1.54) is 199 Å². The molecule has 0 rings (SSSR count). The Morgan fingerprint density at radius 3 is 1.00 bits per heavy atom. The smallest absolute Gasteiger partial charge is 0.220 e. The average Bonchev–Trinajstić information content (AvgIpc) is 3.32. The standard InChI is InChI=1S/C62H111NO3/c1-3-5-7-9-11-13-15-17-19-21-23-25-26-27-28-29-30-31-32-33-34-35-36-38-40-42-44-46-48-50-52-54-56-58-62(66)63-60(59-64)61(65)57-55-53-51-49-47-45-43-41-39-37-24-22-20-18-16-14-12-10-8-6-4-2/h5,7,11,13,17,19,23,25,27-28,30-31,55,57,60-61,64-65H,3-4,6,8-10,12,14-16,18,20-22,24,26,29,32-54,56,58-59H2,1-2H3,(H,63,66)/b7-5-,13-11-,19-17-,25-23-,28-27-,31-30-,57-55+. The molecule has 0 heterocycles. The lowest BCUT2D eigenvalue weighted by Gasteiger charge is -2.20. The maximum absolute atomic E-state index is 12.5. The van der Waals surface area contributed by atoms with Crippen LogP contribution < -0.4 is 5.32 Å². The molecule has 1 amide bonds. The van der Waals surface area contributed by atoms with E-state index in [1.54, 1.807) is 6.08 Å². The predicted octanol–water partition coefficient (Wildman–Crippen LogP) is 19.1. The van der Waals surface area contributed by atoms with Crippen molar-refractivity contribution in [2.45, 2.75) is 296 Å². The highest BCUT2D eigenvalue weighted by Gasteiger charge is 2.18. The lowest BCUT2D eigenvalue weighted by molar-refractivity contribution is -0.123. The molecule has 0 radical (unpaired) electrons. The van der Waals surface area contributed by atoms with Gasteiger partial charge in [-0.2, -0.15) is 0 Å². The highest BCUT2D eigenvalue weighted by Crippen LogP contribution is 2.17. The molecule has 4 heteroatoms. The molecule has 382 valence electrons. The van der Waals surface area contributed by atoms with E-state index in [1.807, 2.05) is 6.08 Å². The molecule has 66 heavy (non-hydrogen) atoms. The van der Waals surface area contributed by atoms with Crippen molar-refractivity contribution in [1.29, 1.82) is 0 Å². The minimum Gasteiger partial charge on any atom is -0.394 e. The van der Waals surface area contributed by atoms with Gasteiger partial charge in [0.1, 0.15) is 0 Å². The van der Waals surface area contributed by atoms with Gasteiger partial charge in [0, 0.05) is 6.42 Å². The van der Waals surface area contributed by atoms with Crippen LogP contribution in [0.4, 0.5) is 0 Å². The van der Waals surface area contributed by atoms with Crippen LogP contribution in [-0.4, -0.2) is 34.9 Å². The van der Waals surface area contributed by atoms with Crippen LogP contribution in [0, 0.1) is 0 Å². The Labute approximate surface area is 411 Å². The van der Waals surface area contributed by atoms with Gasteiger partial charge in [0.15, 0.2) is 0 Å². The number of hydrogen-bond acceptors (Lipinski definition) is 3. The number of hydrogen-bond donors (Lipinski definition) is 3. The SMILES string of the molecule is CC/C=C\C/C=C\C/C=C\C/C=C\C/C=C\C/C=C\CCCCCCCCCCCCCCCCC(=O)NC(CO)C(O)/C=C/CCCCCCCCCCCCCCCCCCCCC. The van der Waals surface area contributed by atoms with E-state index in [2.05, 4.69) is 92.1 Å². The second-order valence-electron chi connectivity index (χ2n) is 19.3. The zero-order valence-corrected chi connectivity index (χ0v) is 43.9. The van der Waals surface area contributed by atoms with Crippen LogP contribution in [0.3, 0.4) is 0 Å². The van der Waals surface area contributed by atoms with Gasteiger partial charge in [0.25, 0.3) is 0 Å². The molecule has 0 bridgehead atoms. The van der Waals surface area contributed by atoms with Gasteiger partial charge in [-0.15, -0.1) is 0 Å². The number of carbonyl (C=O) groups excluding carboxylic acids is 1. The molecule has 0 saturated carbocycles. The molecule has 0 fully saturated rings. The van der Waals surface area contributed by atoms with Crippen LogP contribution in [0.5, 0.6) is 0 Å². The second-order valence-corrected chi connectivity index (χ2v) is 19.3. The molecule has 2 atom stereocenters. The lowest BCUT2D eigenvalue weighted by Crippen LogP contribution is -2.45. The molecule has 2 unspecified atom stereocenters. The summed E-state index contributed by atoms with van der Waals surface area (Å²) in [4.78, 5) is 12.5. The molecule has 0 aliphatic carbocycles. The summed E-state index contributed by atoms with van der Waals surface area (Å²) < 4.78 is 0. The monoisotopic (exact) mass is 918 g/mol. The Morgan fingerprint density at radius 2 is 0.667 bits per heavy atom. The molecule has 0 spiro atoms. The molecule has 0 aliphatic rings. The summed E-state index contributed by atoms with van der Waals surface area (Å²) in [6, 6.07) is -0.627. The fourth-order valence-corrected chi connectivity index (χ4v) is 8.54. The molecule has 0 aromatic heterocycles. The van der Waals surface area contributed by atoms with Crippen molar-refractivity contribution in [1.82, 2.24) is 5.32 Å². The number of aliphatic hydroxyl groups excluding tert-OH is 2. The third kappa shape index (κ3) is 52.5. The molecule has 0 saturated heterocycles. The molecule has 0 aliphatic heterocycles. The largest absolute Gasteiger partial charge is 0.394 e. The molecule has 0 aromatic rings. The van der Waals surface area contributed by atoms with Gasteiger partial charge in [0.05, 0.1) is 18.8 Å². The van der Waals surface area contributed by atoms with Gasteiger partial charge in [-0.05, 0) is 70.6 Å². The number of unbranched alkanes of at least 4 members (excludes halogenated alkanes) is 33. The van der Waals surface area contributed by atoms with E-state index in [9.17, 15) is 15.0 Å². The topological polar surface area (TPSA) is 69.6 Å². The van der Waals surface area contributed by atoms with Crippen molar-refractivity contribution in [3.8, 4) is 0 Å². The Kier molecular flexibility index (Phi) is 54.8. The second kappa shape index (κ2) is 56.9. The minimum atomic E-state index is -0.844. The number of amides is 1. The Morgan fingerprint density at radius 1 is 0.379 bits per heavy atom. The van der Waals surface area contributed by atoms with Crippen LogP contribution in [0.1, 0.15) is 284 Å². The van der Waals surface area contributed by atoms with Crippen LogP contribution in [-0.2, 0) is 4.79 Å². The summed E-state index contributed by atoms with van der Waals surface area (Å²) in [6.07, 6.45) is 83.1. The predicted molar refractivity (Wildman–Crippen MR) is 294 cm³/mol. The van der Waals surface area contributed by atoms with Crippen LogP contribution in [0.2, 0.25) is 0 Å². The number of carbonyl (C=O) groups is 1. The number of rotatable bonds is 52. The first-order valence-corrected chi connectivity index (χ1v) is 28.8. The summed E-state index contributed by atoms with van der Waals surface area (Å²) >= 11 is 0. The zero-order valence-electron chi connectivity index (χ0n) is 43.9. The fraction of sp³-hybridized carbons (Fsp3) is 0.758. The summed E-state index contributed by atoms with van der Waals surface area (Å²) in [7, 11) is 0. The van der Waals surface area contributed by atoms with Gasteiger partial charge in [0.2, 0.25) is 5.91 Å². The van der Waals surface area contributed by atoms with Crippen molar-refractivity contribution in [3.63, 3.8) is 0 Å². The number of allylic oxidation sites excluding steroid dienone is 13. The first kappa shape index (κ1) is 63.6. The summed E-state index contributed by atoms with van der Waals surface area (Å²) in [5, 5.41) is 23.2. The number of nitrogens with one attached hydrogen (secondary N) is 1. The Bertz CT molecular complexity index is 1180. The average molecular weight is 919 g/mol. The maximum atomic E-state index is 12.5. The van der Waals surface area contributed by atoms with Gasteiger partial charge < -0.3 is 15.5 Å². The quantitative estimate of drug-likeness (QED) is 0.0421.